The van der Waals surface area contributed by atoms with Gasteiger partial charge in [-0.1, -0.05) is 31.4 Å². The first kappa shape index (κ1) is 16.1. The van der Waals surface area contributed by atoms with E-state index in [-0.39, 0.29) is 0 Å². The molecule has 0 amide bonds. The third-order valence-corrected chi connectivity index (χ3v) is 7.54. The number of hydrogen-bond acceptors (Lipinski definition) is 2. The molecule has 1 aromatic carbocycles. The Hall–Kier alpha value is -2.08. The monoisotopic (exact) mass is 345 g/mol. The van der Waals surface area contributed by atoms with Crippen LogP contribution >= 0.6 is 0 Å². The van der Waals surface area contributed by atoms with Crippen molar-refractivity contribution in [1.29, 1.82) is 5.26 Å². The van der Waals surface area contributed by atoms with Gasteiger partial charge in [0.15, 0.2) is 0 Å². The zero-order valence-corrected chi connectivity index (χ0v) is 15.5. The maximum atomic E-state index is 9.14. The quantitative estimate of drug-likeness (QED) is 0.693. The van der Waals surface area contributed by atoms with E-state index in [1.807, 2.05) is 12.1 Å². The second kappa shape index (κ2) is 5.98. The van der Waals surface area contributed by atoms with Gasteiger partial charge in [0.05, 0.1) is 24.0 Å². The van der Waals surface area contributed by atoms with Crippen molar-refractivity contribution < 1.29 is 0 Å². The number of imidazole rings is 1. The standard InChI is InChI=1S/C23H27N3/c24-14-18-4-6-19(7-5-18)21-13-23-9-3-1-2-8-22(16-23,10-11-23)12-20-15-25-17-26(20)21/h4-7,15,17,21H,1-3,8-13,16H2/t21-,22?,23?/m0/s1. The highest BCUT2D eigenvalue weighted by atomic mass is 15.1. The number of benzene rings is 1. The molecule has 2 unspecified atom stereocenters. The van der Waals surface area contributed by atoms with Gasteiger partial charge < -0.3 is 4.57 Å². The van der Waals surface area contributed by atoms with E-state index >= 15 is 0 Å². The molecule has 134 valence electrons. The van der Waals surface area contributed by atoms with E-state index in [1.165, 1.54) is 75.5 Å². The van der Waals surface area contributed by atoms with Gasteiger partial charge in [0.25, 0.3) is 0 Å². The lowest BCUT2D eigenvalue weighted by Crippen LogP contribution is -2.33. The van der Waals surface area contributed by atoms with Crippen molar-refractivity contribution in [3.05, 3.63) is 53.6 Å². The van der Waals surface area contributed by atoms with Crippen molar-refractivity contribution in [2.45, 2.75) is 70.3 Å². The Bertz CT molecular complexity index is 843. The number of nitrogens with zero attached hydrogens (tertiary/aromatic N) is 3. The molecule has 2 saturated carbocycles. The minimum Gasteiger partial charge on any atom is -0.327 e. The Morgan fingerprint density at radius 1 is 1.00 bits per heavy atom. The molecular formula is C23H27N3. The highest BCUT2D eigenvalue weighted by Crippen LogP contribution is 2.61. The van der Waals surface area contributed by atoms with Crippen LogP contribution in [0.2, 0.25) is 0 Å². The summed E-state index contributed by atoms with van der Waals surface area (Å²) in [5.41, 5.74) is 4.51. The topological polar surface area (TPSA) is 41.6 Å². The second-order valence-electron chi connectivity index (χ2n) is 9.16. The average Bonchev–Trinajstić information content (AvgIpc) is 3.24. The van der Waals surface area contributed by atoms with Gasteiger partial charge in [0.2, 0.25) is 0 Å². The first-order chi connectivity index (χ1) is 12.7. The second-order valence-corrected chi connectivity index (χ2v) is 9.16. The minimum absolute atomic E-state index is 0.357. The summed E-state index contributed by atoms with van der Waals surface area (Å²) in [5, 5.41) is 9.14. The van der Waals surface area contributed by atoms with E-state index in [0.29, 0.717) is 16.9 Å². The van der Waals surface area contributed by atoms with Crippen LogP contribution in [0.5, 0.6) is 0 Å². The summed E-state index contributed by atoms with van der Waals surface area (Å²) >= 11 is 0. The van der Waals surface area contributed by atoms with Gasteiger partial charge in [-0.2, -0.15) is 5.26 Å². The fraction of sp³-hybridized carbons (Fsp3) is 0.565. The summed E-state index contributed by atoms with van der Waals surface area (Å²) in [6.45, 7) is 0. The summed E-state index contributed by atoms with van der Waals surface area (Å²) < 4.78 is 2.46. The zero-order valence-electron chi connectivity index (χ0n) is 15.5. The molecule has 3 heteroatoms. The Balaban J connectivity index is 1.60. The molecular weight excluding hydrogens is 318 g/mol. The summed E-state index contributed by atoms with van der Waals surface area (Å²) in [6, 6.07) is 10.9. The number of fused-ring (bicyclic) bond motifs is 1. The van der Waals surface area contributed by atoms with Crippen molar-refractivity contribution >= 4 is 0 Å². The van der Waals surface area contributed by atoms with Crippen molar-refractivity contribution in [2.24, 2.45) is 10.8 Å². The largest absolute Gasteiger partial charge is 0.327 e. The van der Waals surface area contributed by atoms with Crippen LogP contribution in [0, 0.1) is 22.2 Å². The van der Waals surface area contributed by atoms with Crippen molar-refractivity contribution in [3.63, 3.8) is 0 Å². The lowest BCUT2D eigenvalue weighted by Gasteiger charge is -2.42. The summed E-state index contributed by atoms with van der Waals surface area (Å²) in [6.07, 6.45) is 17.8. The SMILES string of the molecule is N#Cc1ccc([C@@H]2CC34CCCCCC(CC3)(Cc3cncn32)C4)cc1. The van der Waals surface area contributed by atoms with E-state index in [2.05, 4.69) is 40.3 Å². The molecule has 0 radical (unpaired) electrons. The fourth-order valence-corrected chi connectivity index (χ4v) is 6.32. The van der Waals surface area contributed by atoms with Crippen LogP contribution in [0.3, 0.4) is 0 Å². The van der Waals surface area contributed by atoms with Crippen LogP contribution in [0.15, 0.2) is 36.8 Å². The Morgan fingerprint density at radius 3 is 2.58 bits per heavy atom. The third kappa shape index (κ3) is 2.58. The lowest BCUT2D eigenvalue weighted by atomic mass is 9.67. The molecule has 3 aliphatic rings. The molecule has 0 spiro atoms. The van der Waals surface area contributed by atoms with Gasteiger partial charge in [-0.05, 0) is 73.5 Å². The Labute approximate surface area is 156 Å². The molecule has 5 rings (SSSR count). The highest BCUT2D eigenvalue weighted by molar-refractivity contribution is 5.34. The predicted molar refractivity (Wildman–Crippen MR) is 102 cm³/mol. The molecule has 2 aliphatic carbocycles. The predicted octanol–water partition coefficient (Wildman–Crippen LogP) is 5.41. The van der Waals surface area contributed by atoms with Gasteiger partial charge in [0.1, 0.15) is 0 Å². The van der Waals surface area contributed by atoms with Crippen LogP contribution in [0.25, 0.3) is 0 Å². The molecule has 0 saturated heterocycles. The molecule has 26 heavy (non-hydrogen) atoms. The molecule has 2 bridgehead atoms. The molecule has 3 nitrogen and oxygen atoms in total. The number of hydrogen-bond donors (Lipinski definition) is 0. The maximum Gasteiger partial charge on any atom is 0.0991 e. The van der Waals surface area contributed by atoms with Gasteiger partial charge in [-0.3, -0.25) is 0 Å². The molecule has 3 atom stereocenters. The zero-order chi connectivity index (χ0) is 17.6. The van der Waals surface area contributed by atoms with Gasteiger partial charge in [0, 0.05) is 11.9 Å². The van der Waals surface area contributed by atoms with Gasteiger partial charge in [-0.15, -0.1) is 0 Å². The average molecular weight is 345 g/mol. The molecule has 2 heterocycles. The molecule has 2 fully saturated rings. The normalized spacial score (nSPS) is 33.3. The van der Waals surface area contributed by atoms with Crippen LogP contribution in [0.4, 0.5) is 0 Å². The first-order valence-corrected chi connectivity index (χ1v) is 10.2. The number of aromatic nitrogens is 2. The molecule has 1 aliphatic heterocycles. The number of rotatable bonds is 1. The van der Waals surface area contributed by atoms with Crippen LogP contribution in [0.1, 0.15) is 80.7 Å². The molecule has 2 aromatic rings. The van der Waals surface area contributed by atoms with Crippen LogP contribution < -0.4 is 0 Å². The van der Waals surface area contributed by atoms with E-state index in [9.17, 15) is 0 Å². The third-order valence-electron chi connectivity index (χ3n) is 7.54. The summed E-state index contributed by atoms with van der Waals surface area (Å²) in [4.78, 5) is 4.55. The summed E-state index contributed by atoms with van der Waals surface area (Å²) in [7, 11) is 0. The number of nitriles is 1. The van der Waals surface area contributed by atoms with Gasteiger partial charge in [-0.25, -0.2) is 4.98 Å². The van der Waals surface area contributed by atoms with Crippen LogP contribution in [-0.2, 0) is 6.42 Å². The lowest BCUT2D eigenvalue weighted by molar-refractivity contribution is 0.133. The van der Waals surface area contributed by atoms with E-state index in [4.69, 9.17) is 5.26 Å². The highest BCUT2D eigenvalue weighted by Gasteiger charge is 2.50. The van der Waals surface area contributed by atoms with Gasteiger partial charge >= 0.3 is 0 Å². The smallest absolute Gasteiger partial charge is 0.0991 e. The van der Waals surface area contributed by atoms with E-state index in [0.717, 1.165) is 5.56 Å². The Morgan fingerprint density at radius 2 is 1.77 bits per heavy atom. The summed E-state index contributed by atoms with van der Waals surface area (Å²) in [5.74, 6) is 0. The molecule has 0 N–H and O–H groups in total. The first-order valence-electron chi connectivity index (χ1n) is 10.2. The Kier molecular flexibility index (Phi) is 3.71. The van der Waals surface area contributed by atoms with E-state index in [1.54, 1.807) is 0 Å². The minimum atomic E-state index is 0.357. The van der Waals surface area contributed by atoms with E-state index < -0.39 is 0 Å². The van der Waals surface area contributed by atoms with Crippen molar-refractivity contribution in [3.8, 4) is 6.07 Å². The van der Waals surface area contributed by atoms with Crippen molar-refractivity contribution in [2.75, 3.05) is 0 Å². The fourth-order valence-electron chi connectivity index (χ4n) is 6.32. The molecule has 1 aromatic heterocycles. The maximum absolute atomic E-state index is 9.14. The van der Waals surface area contributed by atoms with Crippen molar-refractivity contribution in [1.82, 2.24) is 9.55 Å². The van der Waals surface area contributed by atoms with Crippen LogP contribution in [-0.4, -0.2) is 9.55 Å².